The summed E-state index contributed by atoms with van der Waals surface area (Å²) in [6.07, 6.45) is 6.27. The summed E-state index contributed by atoms with van der Waals surface area (Å²) in [6, 6.07) is 0.765. The van der Waals surface area contributed by atoms with Crippen molar-refractivity contribution in [1.29, 1.82) is 0 Å². The molecule has 2 aliphatic rings. The van der Waals surface area contributed by atoms with Crippen LogP contribution in [0.15, 0.2) is 12.4 Å². The standard InChI is InChI=1S/C13H20N4OS/c1-16-7-10(6-14-16)12-9-19-5-4-17(12)8-13(18)15-11-2-3-11/h6-7,11-12H,2-5,8-9H2,1H3,(H,15,18). The van der Waals surface area contributed by atoms with Gasteiger partial charge in [0.15, 0.2) is 0 Å². The van der Waals surface area contributed by atoms with Gasteiger partial charge in [-0.05, 0) is 12.8 Å². The molecule has 5 nitrogen and oxygen atoms in total. The third-order valence-corrected chi connectivity index (χ3v) is 4.66. The molecular formula is C13H20N4OS. The maximum Gasteiger partial charge on any atom is 0.234 e. The van der Waals surface area contributed by atoms with E-state index in [1.165, 1.54) is 5.56 Å². The highest BCUT2D eigenvalue weighted by atomic mass is 32.2. The number of carbonyl (C=O) groups is 1. The first-order chi connectivity index (χ1) is 9.22. The molecule has 6 heteroatoms. The third-order valence-electron chi connectivity index (χ3n) is 3.64. The smallest absolute Gasteiger partial charge is 0.234 e. The van der Waals surface area contributed by atoms with Crippen molar-refractivity contribution in [2.24, 2.45) is 7.05 Å². The molecule has 0 spiro atoms. The first-order valence-electron chi connectivity index (χ1n) is 6.82. The molecule has 2 heterocycles. The van der Waals surface area contributed by atoms with Gasteiger partial charge in [-0.25, -0.2) is 0 Å². The molecule has 3 rings (SSSR count). The zero-order valence-corrected chi connectivity index (χ0v) is 12.0. The van der Waals surface area contributed by atoms with E-state index in [0.717, 1.165) is 30.9 Å². The summed E-state index contributed by atoms with van der Waals surface area (Å²) in [6.45, 7) is 1.49. The Labute approximate surface area is 117 Å². The first kappa shape index (κ1) is 13.0. The van der Waals surface area contributed by atoms with Gasteiger partial charge in [-0.15, -0.1) is 0 Å². The van der Waals surface area contributed by atoms with Crippen LogP contribution < -0.4 is 5.32 Å². The molecule has 1 aliphatic heterocycles. The summed E-state index contributed by atoms with van der Waals surface area (Å²) in [4.78, 5) is 14.2. The van der Waals surface area contributed by atoms with Gasteiger partial charge in [0.2, 0.25) is 5.91 Å². The Hall–Kier alpha value is -1.01. The fourth-order valence-electron chi connectivity index (χ4n) is 2.43. The second-order valence-corrected chi connectivity index (χ2v) is 6.50. The van der Waals surface area contributed by atoms with Crippen molar-refractivity contribution >= 4 is 17.7 Å². The van der Waals surface area contributed by atoms with Crippen LogP contribution in [0.5, 0.6) is 0 Å². The molecule has 1 saturated carbocycles. The van der Waals surface area contributed by atoms with Gasteiger partial charge in [0.1, 0.15) is 0 Å². The Kier molecular flexibility index (Phi) is 3.79. The zero-order chi connectivity index (χ0) is 13.2. The van der Waals surface area contributed by atoms with E-state index in [1.807, 2.05) is 29.7 Å². The maximum absolute atomic E-state index is 12.0. The van der Waals surface area contributed by atoms with Crippen LogP contribution in [0.25, 0.3) is 0 Å². The number of thioether (sulfide) groups is 1. The van der Waals surface area contributed by atoms with E-state index < -0.39 is 0 Å². The maximum atomic E-state index is 12.0. The predicted octanol–water partition coefficient (Wildman–Crippen LogP) is 0.789. The van der Waals surface area contributed by atoms with Crippen molar-refractivity contribution in [2.75, 3.05) is 24.6 Å². The molecule has 1 aromatic heterocycles. The number of aromatic nitrogens is 2. The summed E-state index contributed by atoms with van der Waals surface area (Å²) in [5, 5.41) is 7.31. The van der Waals surface area contributed by atoms with Crippen molar-refractivity contribution in [3.63, 3.8) is 0 Å². The van der Waals surface area contributed by atoms with Crippen molar-refractivity contribution in [3.05, 3.63) is 18.0 Å². The zero-order valence-electron chi connectivity index (χ0n) is 11.2. The van der Waals surface area contributed by atoms with Crippen LogP contribution in [0.3, 0.4) is 0 Å². The predicted molar refractivity (Wildman–Crippen MR) is 76.0 cm³/mol. The summed E-state index contributed by atoms with van der Waals surface area (Å²) >= 11 is 1.95. The summed E-state index contributed by atoms with van der Waals surface area (Å²) in [5.74, 6) is 2.32. The molecule has 1 N–H and O–H groups in total. The van der Waals surface area contributed by atoms with Crippen molar-refractivity contribution in [1.82, 2.24) is 20.0 Å². The molecule has 1 aliphatic carbocycles. The molecule has 0 aromatic carbocycles. The lowest BCUT2D eigenvalue weighted by molar-refractivity contribution is -0.122. The van der Waals surface area contributed by atoms with Crippen LogP contribution >= 0.6 is 11.8 Å². The largest absolute Gasteiger partial charge is 0.352 e. The topological polar surface area (TPSA) is 50.2 Å². The fraction of sp³-hybridized carbons (Fsp3) is 0.692. The lowest BCUT2D eigenvalue weighted by Gasteiger charge is -2.34. The monoisotopic (exact) mass is 280 g/mol. The minimum Gasteiger partial charge on any atom is -0.352 e. The molecule has 2 fully saturated rings. The Morgan fingerprint density at radius 3 is 3.11 bits per heavy atom. The van der Waals surface area contributed by atoms with Crippen LogP contribution in [0.2, 0.25) is 0 Å². The van der Waals surface area contributed by atoms with Gasteiger partial charge in [0.05, 0.1) is 12.7 Å². The van der Waals surface area contributed by atoms with E-state index in [9.17, 15) is 4.79 Å². The van der Waals surface area contributed by atoms with E-state index in [-0.39, 0.29) is 5.91 Å². The van der Waals surface area contributed by atoms with Gasteiger partial charge in [0.25, 0.3) is 0 Å². The summed E-state index contributed by atoms with van der Waals surface area (Å²) in [5.41, 5.74) is 1.22. The normalized spacial score (nSPS) is 24.4. The van der Waals surface area contributed by atoms with Crippen molar-refractivity contribution in [3.8, 4) is 0 Å². The minimum atomic E-state index is 0.170. The molecule has 0 radical (unpaired) electrons. The molecule has 104 valence electrons. The Bertz CT molecular complexity index is 457. The number of amides is 1. The lowest BCUT2D eigenvalue weighted by atomic mass is 10.1. The van der Waals surface area contributed by atoms with Gasteiger partial charge < -0.3 is 5.32 Å². The quantitative estimate of drug-likeness (QED) is 0.886. The van der Waals surface area contributed by atoms with Crippen molar-refractivity contribution < 1.29 is 4.79 Å². The van der Waals surface area contributed by atoms with E-state index in [1.54, 1.807) is 0 Å². The summed E-state index contributed by atoms with van der Waals surface area (Å²) in [7, 11) is 1.93. The molecule has 1 unspecified atom stereocenters. The molecular weight excluding hydrogens is 260 g/mol. The van der Waals surface area contributed by atoms with Gasteiger partial charge in [-0.2, -0.15) is 16.9 Å². The van der Waals surface area contributed by atoms with Gasteiger partial charge in [0, 0.05) is 48.9 Å². The van der Waals surface area contributed by atoms with Crippen LogP contribution in [-0.4, -0.2) is 51.2 Å². The van der Waals surface area contributed by atoms with E-state index in [4.69, 9.17) is 0 Å². The van der Waals surface area contributed by atoms with Crippen LogP contribution in [-0.2, 0) is 11.8 Å². The molecule has 0 bridgehead atoms. The first-order valence-corrected chi connectivity index (χ1v) is 7.97. The highest BCUT2D eigenvalue weighted by Gasteiger charge is 2.29. The van der Waals surface area contributed by atoms with Crippen molar-refractivity contribution in [2.45, 2.75) is 24.9 Å². The van der Waals surface area contributed by atoms with E-state index in [2.05, 4.69) is 21.5 Å². The Morgan fingerprint density at radius 2 is 2.42 bits per heavy atom. The average molecular weight is 280 g/mol. The fourth-order valence-corrected chi connectivity index (χ4v) is 3.59. The Balaban J connectivity index is 1.64. The molecule has 1 atom stereocenters. The number of hydrogen-bond acceptors (Lipinski definition) is 4. The van der Waals surface area contributed by atoms with Crippen LogP contribution in [0.4, 0.5) is 0 Å². The second kappa shape index (κ2) is 5.54. The number of rotatable bonds is 4. The number of aryl methyl sites for hydroxylation is 1. The molecule has 1 aromatic rings. The number of hydrogen-bond donors (Lipinski definition) is 1. The van der Waals surface area contributed by atoms with Crippen LogP contribution in [0.1, 0.15) is 24.4 Å². The SMILES string of the molecule is Cn1cc(C2CSCCN2CC(=O)NC2CC2)cn1. The second-order valence-electron chi connectivity index (χ2n) is 5.35. The lowest BCUT2D eigenvalue weighted by Crippen LogP contribution is -2.43. The number of nitrogens with zero attached hydrogens (tertiary/aromatic N) is 3. The molecule has 19 heavy (non-hydrogen) atoms. The van der Waals surface area contributed by atoms with Crippen LogP contribution in [0, 0.1) is 0 Å². The van der Waals surface area contributed by atoms with E-state index >= 15 is 0 Å². The number of nitrogens with one attached hydrogen (secondary N) is 1. The summed E-state index contributed by atoms with van der Waals surface area (Å²) < 4.78 is 1.83. The minimum absolute atomic E-state index is 0.170. The molecule has 1 saturated heterocycles. The number of carbonyl (C=O) groups excluding carboxylic acids is 1. The van der Waals surface area contributed by atoms with E-state index in [0.29, 0.717) is 18.6 Å². The highest BCUT2D eigenvalue weighted by Crippen LogP contribution is 2.29. The Morgan fingerprint density at radius 1 is 1.58 bits per heavy atom. The molecule has 1 amide bonds. The van der Waals surface area contributed by atoms with Gasteiger partial charge in [-0.1, -0.05) is 0 Å². The highest BCUT2D eigenvalue weighted by molar-refractivity contribution is 7.99. The third kappa shape index (κ3) is 3.30. The average Bonchev–Trinajstić information content (AvgIpc) is 3.09. The van der Waals surface area contributed by atoms with Gasteiger partial charge >= 0.3 is 0 Å². The van der Waals surface area contributed by atoms with Gasteiger partial charge in [-0.3, -0.25) is 14.4 Å².